The zero-order chi connectivity index (χ0) is 14.4. The van der Waals surface area contributed by atoms with Crippen LogP contribution in [0.4, 0.5) is 0 Å². The van der Waals surface area contributed by atoms with E-state index < -0.39 is 6.04 Å². The Kier molecular flexibility index (Phi) is 4.84. The molecule has 2 rings (SSSR count). The van der Waals surface area contributed by atoms with Crippen molar-refractivity contribution in [1.82, 2.24) is 20.1 Å². The minimum Gasteiger partial charge on any atom is -0.347 e. The molecule has 0 aliphatic heterocycles. The number of amides is 1. The van der Waals surface area contributed by atoms with Crippen LogP contribution in [0.25, 0.3) is 0 Å². The zero-order valence-electron chi connectivity index (χ0n) is 11.5. The van der Waals surface area contributed by atoms with Gasteiger partial charge >= 0.3 is 0 Å². The van der Waals surface area contributed by atoms with E-state index in [0.717, 1.165) is 6.42 Å². The summed E-state index contributed by atoms with van der Waals surface area (Å²) in [5.74, 6) is 0.539. The van der Waals surface area contributed by atoms with E-state index in [2.05, 4.69) is 15.5 Å². The first-order chi connectivity index (χ1) is 9.66. The van der Waals surface area contributed by atoms with Crippen LogP contribution >= 0.6 is 0 Å². The van der Waals surface area contributed by atoms with E-state index in [0.29, 0.717) is 18.8 Å². The Bertz CT molecular complexity index is 552. The summed E-state index contributed by atoms with van der Waals surface area (Å²) in [6.07, 6.45) is 3.00. The molecule has 0 saturated heterocycles. The molecule has 0 radical (unpaired) electrons. The van der Waals surface area contributed by atoms with Crippen molar-refractivity contribution in [2.45, 2.75) is 25.4 Å². The summed E-state index contributed by atoms with van der Waals surface area (Å²) in [6.45, 7) is 0.342. The van der Waals surface area contributed by atoms with E-state index in [4.69, 9.17) is 5.73 Å². The Balaban J connectivity index is 1.76. The topological polar surface area (TPSA) is 85.8 Å². The van der Waals surface area contributed by atoms with Crippen LogP contribution in [0, 0.1) is 0 Å². The van der Waals surface area contributed by atoms with E-state index in [-0.39, 0.29) is 5.91 Å². The molecule has 0 aliphatic rings. The summed E-state index contributed by atoms with van der Waals surface area (Å²) in [5, 5.41) is 10.4. The first-order valence-corrected chi connectivity index (χ1v) is 6.57. The van der Waals surface area contributed by atoms with Gasteiger partial charge in [-0.25, -0.2) is 0 Å². The molecule has 0 bridgehead atoms. The number of nitrogens with two attached hydrogens (primary N) is 1. The normalized spacial score (nSPS) is 12.1. The van der Waals surface area contributed by atoms with Crippen LogP contribution in [-0.2, 0) is 24.8 Å². The van der Waals surface area contributed by atoms with Crippen molar-refractivity contribution < 1.29 is 4.79 Å². The quantitative estimate of drug-likeness (QED) is 0.797. The number of hydrogen-bond donors (Lipinski definition) is 2. The molecule has 1 atom stereocenters. The maximum atomic E-state index is 11.9. The fourth-order valence-corrected chi connectivity index (χ4v) is 1.86. The molecular formula is C14H19N5O. The summed E-state index contributed by atoms with van der Waals surface area (Å²) in [6, 6.07) is 9.48. The summed E-state index contributed by atoms with van der Waals surface area (Å²) in [5.41, 5.74) is 7.07. The van der Waals surface area contributed by atoms with Gasteiger partial charge in [-0.3, -0.25) is 4.79 Å². The third-order valence-corrected chi connectivity index (χ3v) is 3.15. The van der Waals surface area contributed by atoms with Crippen LogP contribution in [0.3, 0.4) is 0 Å². The maximum Gasteiger partial charge on any atom is 0.237 e. The van der Waals surface area contributed by atoms with Gasteiger partial charge in [-0.05, 0) is 18.4 Å². The largest absolute Gasteiger partial charge is 0.347 e. The Morgan fingerprint density at radius 3 is 2.80 bits per heavy atom. The van der Waals surface area contributed by atoms with Crippen LogP contribution in [0.5, 0.6) is 0 Å². The lowest BCUT2D eigenvalue weighted by Gasteiger charge is -2.12. The molecule has 6 heteroatoms. The number of nitrogens with zero attached hydrogens (tertiary/aromatic N) is 3. The standard InChI is InChI=1S/C14H19N5O/c1-19-10-17-18-13(19)9-16-14(20)12(15)8-7-11-5-3-2-4-6-11/h2-6,10,12H,7-9,15H2,1H3,(H,16,20). The van der Waals surface area contributed by atoms with E-state index >= 15 is 0 Å². The van der Waals surface area contributed by atoms with Crippen LogP contribution in [-0.4, -0.2) is 26.7 Å². The van der Waals surface area contributed by atoms with Gasteiger partial charge in [0, 0.05) is 7.05 Å². The number of aromatic nitrogens is 3. The third kappa shape index (κ3) is 3.89. The molecule has 1 amide bonds. The van der Waals surface area contributed by atoms with Crippen molar-refractivity contribution in [1.29, 1.82) is 0 Å². The summed E-state index contributed by atoms with van der Waals surface area (Å²) < 4.78 is 1.76. The molecule has 1 heterocycles. The number of benzene rings is 1. The van der Waals surface area contributed by atoms with Gasteiger partial charge in [0.25, 0.3) is 0 Å². The van der Waals surface area contributed by atoms with Crippen molar-refractivity contribution in [2.75, 3.05) is 0 Å². The predicted octanol–water partition coefficient (Wildman–Crippen LogP) is 0.391. The van der Waals surface area contributed by atoms with Crippen LogP contribution in [0.2, 0.25) is 0 Å². The van der Waals surface area contributed by atoms with E-state index in [9.17, 15) is 4.79 Å². The Labute approximate surface area is 118 Å². The van der Waals surface area contributed by atoms with Crippen molar-refractivity contribution in [3.8, 4) is 0 Å². The molecule has 0 aliphatic carbocycles. The van der Waals surface area contributed by atoms with Gasteiger partial charge in [-0.1, -0.05) is 30.3 Å². The van der Waals surface area contributed by atoms with Gasteiger partial charge < -0.3 is 15.6 Å². The molecular weight excluding hydrogens is 254 g/mol. The zero-order valence-corrected chi connectivity index (χ0v) is 11.5. The first kappa shape index (κ1) is 14.2. The molecule has 0 spiro atoms. The monoisotopic (exact) mass is 273 g/mol. The molecule has 1 aromatic heterocycles. The van der Waals surface area contributed by atoms with E-state index in [1.54, 1.807) is 10.9 Å². The van der Waals surface area contributed by atoms with Gasteiger partial charge in [0.2, 0.25) is 5.91 Å². The fourth-order valence-electron chi connectivity index (χ4n) is 1.86. The number of carbonyl (C=O) groups is 1. The van der Waals surface area contributed by atoms with Crippen LogP contribution in [0.15, 0.2) is 36.7 Å². The average Bonchev–Trinajstić information content (AvgIpc) is 2.88. The molecule has 0 fully saturated rings. The van der Waals surface area contributed by atoms with Gasteiger partial charge in [-0.15, -0.1) is 10.2 Å². The van der Waals surface area contributed by atoms with Gasteiger partial charge in [0.1, 0.15) is 6.33 Å². The predicted molar refractivity (Wildman–Crippen MR) is 75.6 cm³/mol. The molecule has 1 aromatic carbocycles. The lowest BCUT2D eigenvalue weighted by Crippen LogP contribution is -2.40. The smallest absolute Gasteiger partial charge is 0.237 e. The molecule has 6 nitrogen and oxygen atoms in total. The van der Waals surface area contributed by atoms with Crippen molar-refractivity contribution in [2.24, 2.45) is 12.8 Å². The summed E-state index contributed by atoms with van der Waals surface area (Å²) in [4.78, 5) is 11.9. The number of aryl methyl sites for hydroxylation is 2. The minimum atomic E-state index is -0.511. The van der Waals surface area contributed by atoms with Gasteiger partial charge in [0.05, 0.1) is 12.6 Å². The second kappa shape index (κ2) is 6.81. The first-order valence-electron chi connectivity index (χ1n) is 6.57. The van der Waals surface area contributed by atoms with Gasteiger partial charge in [0.15, 0.2) is 5.82 Å². The third-order valence-electron chi connectivity index (χ3n) is 3.15. The SMILES string of the molecule is Cn1cnnc1CNC(=O)C(N)CCc1ccccc1. The highest BCUT2D eigenvalue weighted by molar-refractivity contribution is 5.81. The number of rotatable bonds is 6. The summed E-state index contributed by atoms with van der Waals surface area (Å²) in [7, 11) is 1.83. The second-order valence-corrected chi connectivity index (χ2v) is 4.71. The minimum absolute atomic E-state index is 0.163. The Hall–Kier alpha value is -2.21. The molecule has 106 valence electrons. The molecule has 1 unspecified atom stereocenters. The van der Waals surface area contributed by atoms with Crippen molar-refractivity contribution >= 4 is 5.91 Å². The molecule has 20 heavy (non-hydrogen) atoms. The average molecular weight is 273 g/mol. The van der Waals surface area contributed by atoms with E-state index in [1.807, 2.05) is 37.4 Å². The van der Waals surface area contributed by atoms with Crippen LogP contribution in [0.1, 0.15) is 17.8 Å². The number of nitrogens with one attached hydrogen (secondary N) is 1. The highest BCUT2D eigenvalue weighted by Crippen LogP contribution is 2.04. The van der Waals surface area contributed by atoms with Crippen LogP contribution < -0.4 is 11.1 Å². The van der Waals surface area contributed by atoms with Crippen molar-refractivity contribution in [3.05, 3.63) is 48.0 Å². The molecule has 0 saturated carbocycles. The van der Waals surface area contributed by atoms with Crippen molar-refractivity contribution in [3.63, 3.8) is 0 Å². The maximum absolute atomic E-state index is 11.9. The molecule has 2 aromatic rings. The Morgan fingerprint density at radius 1 is 1.40 bits per heavy atom. The highest BCUT2D eigenvalue weighted by Gasteiger charge is 2.13. The lowest BCUT2D eigenvalue weighted by molar-refractivity contribution is -0.122. The Morgan fingerprint density at radius 2 is 2.15 bits per heavy atom. The second-order valence-electron chi connectivity index (χ2n) is 4.71. The van der Waals surface area contributed by atoms with Gasteiger partial charge in [-0.2, -0.15) is 0 Å². The summed E-state index contributed by atoms with van der Waals surface area (Å²) >= 11 is 0. The highest BCUT2D eigenvalue weighted by atomic mass is 16.2. The fraction of sp³-hybridized carbons (Fsp3) is 0.357. The lowest BCUT2D eigenvalue weighted by atomic mass is 10.1. The number of hydrogen-bond acceptors (Lipinski definition) is 4. The molecule has 3 N–H and O–H groups in total. The van der Waals surface area contributed by atoms with E-state index in [1.165, 1.54) is 5.56 Å². The number of carbonyl (C=O) groups excluding carboxylic acids is 1.